The summed E-state index contributed by atoms with van der Waals surface area (Å²) in [5, 5.41) is 4.57. The van der Waals surface area contributed by atoms with Crippen molar-refractivity contribution >= 4 is 16.9 Å². The van der Waals surface area contributed by atoms with Gasteiger partial charge in [-0.25, -0.2) is 0 Å². The Morgan fingerprint density at radius 2 is 2.10 bits per heavy atom. The van der Waals surface area contributed by atoms with Gasteiger partial charge in [0.15, 0.2) is 5.17 Å². The van der Waals surface area contributed by atoms with Gasteiger partial charge in [-0.1, -0.05) is 37.1 Å². The summed E-state index contributed by atoms with van der Waals surface area (Å²) in [5.41, 5.74) is 2.80. The molecule has 0 amide bonds. The lowest BCUT2D eigenvalue weighted by molar-refractivity contribution is 0.232. The van der Waals surface area contributed by atoms with Crippen LogP contribution in [0.25, 0.3) is 0 Å². The molecule has 0 saturated heterocycles. The molecule has 0 aromatic carbocycles. The van der Waals surface area contributed by atoms with Crippen LogP contribution in [0.15, 0.2) is 23.3 Å². The Kier molecular flexibility index (Phi) is 4.29. The Bertz CT molecular complexity index is 475. The molecule has 2 aliphatic rings. The van der Waals surface area contributed by atoms with Crippen molar-refractivity contribution in [2.45, 2.75) is 45.6 Å². The molecule has 3 rings (SSSR count). The minimum atomic E-state index is 0.513. The fourth-order valence-electron chi connectivity index (χ4n) is 3.04. The molecule has 20 heavy (non-hydrogen) atoms. The lowest BCUT2D eigenvalue weighted by Crippen LogP contribution is -2.36. The highest BCUT2D eigenvalue weighted by molar-refractivity contribution is 8.13. The first-order valence-electron chi connectivity index (χ1n) is 7.59. The number of nitrogens with one attached hydrogen (secondary N) is 1. The number of aryl methyl sites for hydroxylation is 1. The van der Waals surface area contributed by atoms with E-state index in [0.29, 0.717) is 5.41 Å². The van der Waals surface area contributed by atoms with E-state index in [0.717, 1.165) is 24.0 Å². The van der Waals surface area contributed by atoms with Crippen LogP contribution in [0.2, 0.25) is 0 Å². The molecule has 1 saturated carbocycles. The maximum atomic E-state index is 4.79. The zero-order chi connectivity index (χ0) is 13.8. The average Bonchev–Trinajstić information content (AvgIpc) is 2.49. The number of thioether (sulfide) groups is 1. The van der Waals surface area contributed by atoms with Crippen LogP contribution < -0.4 is 5.32 Å². The molecule has 0 atom stereocenters. The van der Waals surface area contributed by atoms with Crippen LogP contribution in [0, 0.1) is 12.3 Å². The zero-order valence-corrected chi connectivity index (χ0v) is 13.0. The number of rotatable bonds is 2. The van der Waals surface area contributed by atoms with E-state index in [1.165, 1.54) is 43.4 Å². The van der Waals surface area contributed by atoms with Crippen molar-refractivity contribution in [2.75, 3.05) is 12.3 Å². The van der Waals surface area contributed by atoms with E-state index < -0.39 is 0 Å². The predicted octanol–water partition coefficient (Wildman–Crippen LogP) is 3.53. The molecular weight excluding hydrogens is 266 g/mol. The Morgan fingerprint density at radius 1 is 1.25 bits per heavy atom. The molecule has 108 valence electrons. The molecule has 1 aromatic rings. The van der Waals surface area contributed by atoms with E-state index in [-0.39, 0.29) is 0 Å². The minimum absolute atomic E-state index is 0.513. The van der Waals surface area contributed by atoms with Crippen molar-refractivity contribution in [3.05, 3.63) is 29.6 Å². The maximum absolute atomic E-state index is 4.79. The Balaban J connectivity index is 1.53. The highest BCUT2D eigenvalue weighted by atomic mass is 32.2. The third-order valence-electron chi connectivity index (χ3n) is 4.40. The summed E-state index contributed by atoms with van der Waals surface area (Å²) in [7, 11) is 0. The van der Waals surface area contributed by atoms with Gasteiger partial charge in [0.2, 0.25) is 0 Å². The number of aliphatic imine (C=N–C) groups is 1. The summed E-state index contributed by atoms with van der Waals surface area (Å²) in [4.78, 5) is 9.11. The summed E-state index contributed by atoms with van der Waals surface area (Å²) < 4.78 is 0. The summed E-state index contributed by atoms with van der Waals surface area (Å²) in [5.74, 6) is 1.24. The summed E-state index contributed by atoms with van der Waals surface area (Å²) in [6, 6.07) is 4.19. The molecule has 4 heteroatoms. The molecule has 1 spiro atoms. The van der Waals surface area contributed by atoms with Crippen molar-refractivity contribution in [2.24, 2.45) is 10.4 Å². The van der Waals surface area contributed by atoms with Gasteiger partial charge in [-0.3, -0.25) is 9.98 Å². The van der Waals surface area contributed by atoms with E-state index in [1.807, 2.05) is 24.9 Å². The standard InChI is InChI=1S/C16H23N3S/c1-13-5-6-14(9-17-13)10-18-15-19-11-16(12-20-15)7-3-2-4-8-16/h5-6,9H,2-4,7-8,10-12H2,1H3,(H,18,19). The highest BCUT2D eigenvalue weighted by Gasteiger charge is 2.34. The molecule has 0 bridgehead atoms. The number of hydrogen-bond acceptors (Lipinski definition) is 4. The maximum Gasteiger partial charge on any atom is 0.156 e. The van der Waals surface area contributed by atoms with Gasteiger partial charge in [-0.05, 0) is 36.8 Å². The van der Waals surface area contributed by atoms with Crippen molar-refractivity contribution in [1.29, 1.82) is 0 Å². The van der Waals surface area contributed by atoms with Crippen LogP contribution in [0.1, 0.15) is 43.4 Å². The first-order chi connectivity index (χ1) is 9.76. The zero-order valence-electron chi connectivity index (χ0n) is 12.2. The van der Waals surface area contributed by atoms with E-state index in [4.69, 9.17) is 4.99 Å². The van der Waals surface area contributed by atoms with Gasteiger partial charge in [0.25, 0.3) is 0 Å². The number of amidine groups is 1. The molecule has 0 radical (unpaired) electrons. The van der Waals surface area contributed by atoms with Crippen molar-refractivity contribution in [3.63, 3.8) is 0 Å². The SMILES string of the molecule is Cc1ccc(CNC2=NCC3(CCCCC3)CS2)cn1. The number of hydrogen-bond donors (Lipinski definition) is 1. The molecule has 1 aliphatic carbocycles. The van der Waals surface area contributed by atoms with Gasteiger partial charge in [0.05, 0.1) is 0 Å². The quantitative estimate of drug-likeness (QED) is 0.905. The van der Waals surface area contributed by atoms with Crippen LogP contribution in [0.4, 0.5) is 0 Å². The molecule has 1 N–H and O–H groups in total. The van der Waals surface area contributed by atoms with E-state index in [2.05, 4.69) is 22.4 Å². The molecule has 2 heterocycles. The third-order valence-corrected chi connectivity index (χ3v) is 5.71. The first-order valence-corrected chi connectivity index (χ1v) is 8.57. The Morgan fingerprint density at radius 3 is 2.75 bits per heavy atom. The van der Waals surface area contributed by atoms with Crippen LogP contribution in [-0.4, -0.2) is 22.4 Å². The predicted molar refractivity (Wildman–Crippen MR) is 86.1 cm³/mol. The smallest absolute Gasteiger partial charge is 0.156 e. The van der Waals surface area contributed by atoms with Gasteiger partial charge < -0.3 is 5.32 Å². The molecule has 1 fully saturated rings. The van der Waals surface area contributed by atoms with Crippen LogP contribution >= 0.6 is 11.8 Å². The summed E-state index contributed by atoms with van der Waals surface area (Å²) in [6.07, 6.45) is 8.90. The highest BCUT2D eigenvalue weighted by Crippen LogP contribution is 2.41. The van der Waals surface area contributed by atoms with E-state index in [1.54, 1.807) is 0 Å². The summed E-state index contributed by atoms with van der Waals surface area (Å²) in [6.45, 7) is 3.86. The molecule has 1 aliphatic heterocycles. The normalized spacial score (nSPS) is 21.6. The summed E-state index contributed by atoms with van der Waals surface area (Å²) >= 11 is 1.91. The molecule has 0 unspecified atom stereocenters. The fourth-order valence-corrected chi connectivity index (χ4v) is 4.20. The first kappa shape index (κ1) is 13.9. The number of aromatic nitrogens is 1. The fraction of sp³-hybridized carbons (Fsp3) is 0.625. The van der Waals surface area contributed by atoms with Crippen LogP contribution in [-0.2, 0) is 6.54 Å². The van der Waals surface area contributed by atoms with Gasteiger partial charge >= 0.3 is 0 Å². The third kappa shape index (κ3) is 3.35. The van der Waals surface area contributed by atoms with Crippen LogP contribution in [0.5, 0.6) is 0 Å². The molecular formula is C16H23N3S. The Hall–Kier alpha value is -1.03. The Labute approximate surface area is 125 Å². The number of pyridine rings is 1. The minimum Gasteiger partial charge on any atom is -0.361 e. The van der Waals surface area contributed by atoms with E-state index in [9.17, 15) is 0 Å². The van der Waals surface area contributed by atoms with Gasteiger partial charge in [-0.2, -0.15) is 0 Å². The van der Waals surface area contributed by atoms with Gasteiger partial charge in [0.1, 0.15) is 0 Å². The van der Waals surface area contributed by atoms with Gasteiger partial charge in [-0.15, -0.1) is 0 Å². The molecule has 3 nitrogen and oxygen atoms in total. The van der Waals surface area contributed by atoms with Crippen molar-refractivity contribution in [1.82, 2.24) is 10.3 Å². The average molecular weight is 289 g/mol. The van der Waals surface area contributed by atoms with Crippen LogP contribution in [0.3, 0.4) is 0 Å². The molecule has 1 aromatic heterocycles. The van der Waals surface area contributed by atoms with E-state index >= 15 is 0 Å². The lowest BCUT2D eigenvalue weighted by Gasteiger charge is -2.38. The second-order valence-electron chi connectivity index (χ2n) is 6.13. The largest absolute Gasteiger partial charge is 0.361 e. The second-order valence-corrected chi connectivity index (χ2v) is 7.10. The lowest BCUT2D eigenvalue weighted by atomic mass is 9.75. The van der Waals surface area contributed by atoms with Crippen molar-refractivity contribution < 1.29 is 0 Å². The second kappa shape index (κ2) is 6.17. The monoisotopic (exact) mass is 289 g/mol. The van der Waals surface area contributed by atoms with Crippen molar-refractivity contribution in [3.8, 4) is 0 Å². The topological polar surface area (TPSA) is 37.3 Å². The van der Waals surface area contributed by atoms with Gasteiger partial charge in [0, 0.05) is 30.7 Å². The number of nitrogens with zero attached hydrogens (tertiary/aromatic N) is 2.